The van der Waals surface area contributed by atoms with Crippen LogP contribution in [-0.2, 0) is 0 Å². The minimum Gasteiger partial charge on any atom is -0.492 e. The molecule has 0 aliphatic rings. The minimum atomic E-state index is 0.561. The van der Waals surface area contributed by atoms with Crippen LogP contribution in [0.4, 0.5) is 17.3 Å². The second-order valence-corrected chi connectivity index (χ2v) is 5.51. The highest BCUT2D eigenvalue weighted by Gasteiger charge is 2.06. The number of benzene rings is 1. The van der Waals surface area contributed by atoms with Gasteiger partial charge < -0.3 is 15.4 Å². The number of rotatable bonds is 7. The highest BCUT2D eigenvalue weighted by atomic mass is 16.5. The average Bonchev–Trinajstić information content (AvgIpc) is 2.47. The van der Waals surface area contributed by atoms with Crippen LogP contribution in [0.3, 0.4) is 0 Å². The van der Waals surface area contributed by atoms with Crippen molar-refractivity contribution in [3.05, 3.63) is 36.2 Å². The zero-order chi connectivity index (χ0) is 15.9. The van der Waals surface area contributed by atoms with Gasteiger partial charge in [0, 0.05) is 12.6 Å². The molecular weight excluding hydrogens is 276 g/mol. The van der Waals surface area contributed by atoms with E-state index in [0.717, 1.165) is 35.4 Å². The summed E-state index contributed by atoms with van der Waals surface area (Å²) < 4.78 is 5.63. The first-order valence-electron chi connectivity index (χ1n) is 7.67. The summed E-state index contributed by atoms with van der Waals surface area (Å²) in [6.07, 6.45) is 0. The average molecular weight is 300 g/mol. The minimum absolute atomic E-state index is 0.561. The van der Waals surface area contributed by atoms with E-state index in [4.69, 9.17) is 4.74 Å². The first kappa shape index (κ1) is 16.1. The summed E-state index contributed by atoms with van der Waals surface area (Å²) in [6, 6.07) is 9.76. The molecule has 0 aliphatic heterocycles. The Morgan fingerprint density at radius 3 is 2.59 bits per heavy atom. The lowest BCUT2D eigenvalue weighted by atomic mass is 10.2. The standard InChI is InChI=1S/C17H24N4O/c1-5-22-15-9-7-6-8-14(15)21-17-10-16(18-11-12(2)3)19-13(4)20-17/h6-10,12H,5,11H2,1-4H3,(H2,18,19,20,21). The highest BCUT2D eigenvalue weighted by molar-refractivity contribution is 5.65. The normalized spacial score (nSPS) is 10.6. The van der Waals surface area contributed by atoms with Gasteiger partial charge in [-0.3, -0.25) is 0 Å². The van der Waals surface area contributed by atoms with E-state index in [1.807, 2.05) is 44.2 Å². The van der Waals surface area contributed by atoms with E-state index in [2.05, 4.69) is 34.4 Å². The first-order chi connectivity index (χ1) is 10.6. The molecule has 0 aliphatic carbocycles. The molecule has 5 heteroatoms. The number of ether oxygens (including phenoxy) is 1. The number of hydrogen-bond donors (Lipinski definition) is 2. The van der Waals surface area contributed by atoms with Crippen LogP contribution in [0.5, 0.6) is 5.75 Å². The number of para-hydroxylation sites is 2. The lowest BCUT2D eigenvalue weighted by Crippen LogP contribution is -2.10. The predicted molar refractivity (Wildman–Crippen MR) is 91.0 cm³/mol. The summed E-state index contributed by atoms with van der Waals surface area (Å²) >= 11 is 0. The number of nitrogens with zero attached hydrogens (tertiary/aromatic N) is 2. The molecule has 118 valence electrons. The van der Waals surface area contributed by atoms with E-state index in [-0.39, 0.29) is 0 Å². The summed E-state index contributed by atoms with van der Waals surface area (Å²) in [7, 11) is 0. The van der Waals surface area contributed by atoms with E-state index >= 15 is 0 Å². The summed E-state index contributed by atoms with van der Waals surface area (Å²) in [4.78, 5) is 8.85. The number of anilines is 3. The maximum absolute atomic E-state index is 5.63. The van der Waals surface area contributed by atoms with Crippen LogP contribution in [-0.4, -0.2) is 23.1 Å². The Morgan fingerprint density at radius 1 is 1.14 bits per heavy atom. The van der Waals surface area contributed by atoms with Gasteiger partial charge in [0.2, 0.25) is 0 Å². The van der Waals surface area contributed by atoms with Crippen molar-refractivity contribution in [3.8, 4) is 5.75 Å². The first-order valence-corrected chi connectivity index (χ1v) is 7.67. The van der Waals surface area contributed by atoms with Gasteiger partial charge in [-0.15, -0.1) is 0 Å². The van der Waals surface area contributed by atoms with Gasteiger partial charge in [-0.25, -0.2) is 9.97 Å². The fraction of sp³-hybridized carbons (Fsp3) is 0.412. The molecular formula is C17H24N4O. The zero-order valence-electron chi connectivity index (χ0n) is 13.7. The Morgan fingerprint density at radius 2 is 1.86 bits per heavy atom. The van der Waals surface area contributed by atoms with Crippen LogP contribution >= 0.6 is 0 Å². The molecule has 2 rings (SSSR count). The van der Waals surface area contributed by atoms with Crippen LogP contribution in [0.25, 0.3) is 0 Å². The van der Waals surface area contributed by atoms with Crippen molar-refractivity contribution in [1.29, 1.82) is 0 Å². The van der Waals surface area contributed by atoms with Gasteiger partial charge in [-0.1, -0.05) is 26.0 Å². The maximum atomic E-state index is 5.63. The van der Waals surface area contributed by atoms with Crippen LogP contribution < -0.4 is 15.4 Å². The molecule has 5 nitrogen and oxygen atoms in total. The molecule has 0 bridgehead atoms. The molecule has 1 aromatic carbocycles. The van der Waals surface area contributed by atoms with E-state index in [9.17, 15) is 0 Å². The zero-order valence-corrected chi connectivity index (χ0v) is 13.7. The van der Waals surface area contributed by atoms with Gasteiger partial charge in [-0.2, -0.15) is 0 Å². The molecule has 0 atom stereocenters. The van der Waals surface area contributed by atoms with Gasteiger partial charge in [-0.05, 0) is 31.9 Å². The topological polar surface area (TPSA) is 59.1 Å². The number of nitrogens with one attached hydrogen (secondary N) is 2. The van der Waals surface area contributed by atoms with E-state index in [0.29, 0.717) is 12.5 Å². The van der Waals surface area contributed by atoms with Gasteiger partial charge in [0.15, 0.2) is 0 Å². The van der Waals surface area contributed by atoms with Crippen molar-refractivity contribution in [2.75, 3.05) is 23.8 Å². The molecule has 2 N–H and O–H groups in total. The van der Waals surface area contributed by atoms with Crippen LogP contribution in [0.15, 0.2) is 30.3 Å². The summed E-state index contributed by atoms with van der Waals surface area (Å²) in [5.74, 6) is 3.69. The Labute approximate surface area is 132 Å². The van der Waals surface area contributed by atoms with E-state index < -0.39 is 0 Å². The smallest absolute Gasteiger partial charge is 0.142 e. The molecule has 22 heavy (non-hydrogen) atoms. The Kier molecular flexibility index (Phi) is 5.58. The maximum Gasteiger partial charge on any atom is 0.142 e. The van der Waals surface area contributed by atoms with E-state index in [1.165, 1.54) is 0 Å². The van der Waals surface area contributed by atoms with Crippen molar-refractivity contribution in [2.24, 2.45) is 5.92 Å². The van der Waals surface area contributed by atoms with Crippen molar-refractivity contribution in [3.63, 3.8) is 0 Å². The molecule has 1 heterocycles. The number of hydrogen-bond acceptors (Lipinski definition) is 5. The van der Waals surface area contributed by atoms with Crippen molar-refractivity contribution < 1.29 is 4.74 Å². The predicted octanol–water partition coefficient (Wildman–Crippen LogP) is 4.00. The summed E-state index contributed by atoms with van der Waals surface area (Å²) in [6.45, 7) is 9.70. The lowest BCUT2D eigenvalue weighted by Gasteiger charge is -2.14. The molecule has 0 radical (unpaired) electrons. The largest absolute Gasteiger partial charge is 0.492 e. The molecule has 0 fully saturated rings. The Hall–Kier alpha value is -2.30. The van der Waals surface area contributed by atoms with Crippen LogP contribution in [0, 0.1) is 12.8 Å². The molecule has 0 saturated carbocycles. The SMILES string of the molecule is CCOc1ccccc1Nc1cc(NCC(C)C)nc(C)n1. The molecule has 0 amide bonds. The molecule has 1 aromatic heterocycles. The second-order valence-electron chi connectivity index (χ2n) is 5.51. The fourth-order valence-corrected chi connectivity index (χ4v) is 2.02. The number of aromatic nitrogens is 2. The van der Waals surface area contributed by atoms with Crippen molar-refractivity contribution in [1.82, 2.24) is 9.97 Å². The number of aryl methyl sites for hydroxylation is 1. The Bertz CT molecular complexity index is 613. The van der Waals surface area contributed by atoms with Gasteiger partial charge >= 0.3 is 0 Å². The molecule has 0 saturated heterocycles. The van der Waals surface area contributed by atoms with Gasteiger partial charge in [0.25, 0.3) is 0 Å². The molecule has 0 spiro atoms. The third-order valence-corrected chi connectivity index (χ3v) is 2.98. The van der Waals surface area contributed by atoms with Crippen molar-refractivity contribution >= 4 is 17.3 Å². The molecule has 2 aromatic rings. The third-order valence-electron chi connectivity index (χ3n) is 2.98. The monoisotopic (exact) mass is 300 g/mol. The molecule has 0 unspecified atom stereocenters. The lowest BCUT2D eigenvalue weighted by molar-refractivity contribution is 0.342. The Balaban J connectivity index is 2.19. The van der Waals surface area contributed by atoms with E-state index in [1.54, 1.807) is 0 Å². The van der Waals surface area contributed by atoms with Crippen molar-refractivity contribution in [2.45, 2.75) is 27.7 Å². The van der Waals surface area contributed by atoms with Crippen LogP contribution in [0.2, 0.25) is 0 Å². The quantitative estimate of drug-likeness (QED) is 0.809. The van der Waals surface area contributed by atoms with Crippen LogP contribution in [0.1, 0.15) is 26.6 Å². The van der Waals surface area contributed by atoms with Gasteiger partial charge in [0.1, 0.15) is 23.2 Å². The highest BCUT2D eigenvalue weighted by Crippen LogP contribution is 2.27. The second kappa shape index (κ2) is 7.64. The summed E-state index contributed by atoms with van der Waals surface area (Å²) in [5, 5.41) is 6.64. The van der Waals surface area contributed by atoms with Gasteiger partial charge in [0.05, 0.1) is 12.3 Å². The summed E-state index contributed by atoms with van der Waals surface area (Å²) in [5.41, 5.74) is 0.900. The fourth-order valence-electron chi connectivity index (χ4n) is 2.02. The third kappa shape index (κ3) is 4.62.